The molecule has 2 N–H and O–H groups in total. The average molecular weight is 927 g/mol. The van der Waals surface area contributed by atoms with E-state index in [9.17, 15) is 46.2 Å². The zero-order valence-corrected chi connectivity index (χ0v) is 37.4. The van der Waals surface area contributed by atoms with E-state index in [1.807, 2.05) is 0 Å². The maximum absolute atomic E-state index is 12.5. The first-order chi connectivity index (χ1) is 30.5. The van der Waals surface area contributed by atoms with E-state index in [2.05, 4.69) is 0 Å². The van der Waals surface area contributed by atoms with Crippen molar-refractivity contribution in [3.63, 3.8) is 0 Å². The van der Waals surface area contributed by atoms with Gasteiger partial charge in [0.25, 0.3) is 0 Å². The van der Waals surface area contributed by atoms with Crippen molar-refractivity contribution in [2.45, 2.75) is 49.6 Å². The summed E-state index contributed by atoms with van der Waals surface area (Å²) in [5, 5.41) is 18.9. The third-order valence-corrected chi connectivity index (χ3v) is 15.6. The zero-order valence-electron chi connectivity index (χ0n) is 35.7. The third kappa shape index (κ3) is 9.27. The highest BCUT2D eigenvalue weighted by Gasteiger charge is 2.43. The Morgan fingerprint density at radius 2 is 0.984 bits per heavy atom. The molecule has 0 saturated carbocycles. The van der Waals surface area contributed by atoms with Crippen molar-refractivity contribution >= 4 is 31.6 Å². The van der Waals surface area contributed by atoms with Gasteiger partial charge >= 0.3 is 11.9 Å². The summed E-state index contributed by atoms with van der Waals surface area (Å²) in [6.45, 7) is 1.87. The lowest BCUT2D eigenvalue weighted by atomic mass is 9.82. The molecule has 344 valence electrons. The number of aromatic nitrogens is 2. The van der Waals surface area contributed by atoms with Gasteiger partial charge in [0, 0.05) is 99.8 Å². The predicted octanol–water partition coefficient (Wildman–Crippen LogP) is 4.19. The van der Waals surface area contributed by atoms with Crippen LogP contribution in [0.25, 0.3) is 22.5 Å². The quantitative estimate of drug-likeness (QED) is 0.169. The SMILES string of the molecule is COCCCOc1cc2c(cc1OC)-c1cc(=O)c(C(=O)O)cn1[C@@H]1CCS(=O)(=O)C[C@@H]21.COCCCOc1cc2c(cc1OC)-c1cc(=O)c(C(=O)O)cn1[C@H]1CCS(=O)(=O)C[C@H]21. The molecule has 8 rings (SSSR count). The molecule has 4 aliphatic heterocycles. The molecule has 4 aromatic rings. The van der Waals surface area contributed by atoms with Crippen LogP contribution < -0.4 is 29.8 Å². The van der Waals surface area contributed by atoms with Crippen LogP contribution in [0.3, 0.4) is 0 Å². The van der Waals surface area contributed by atoms with Gasteiger partial charge in [0.2, 0.25) is 0 Å². The van der Waals surface area contributed by atoms with Crippen LogP contribution in [0.1, 0.15) is 81.4 Å². The predicted molar refractivity (Wildman–Crippen MR) is 233 cm³/mol. The molecule has 0 spiro atoms. The van der Waals surface area contributed by atoms with Gasteiger partial charge in [-0.3, -0.25) is 9.59 Å². The van der Waals surface area contributed by atoms with E-state index in [4.69, 9.17) is 28.4 Å². The van der Waals surface area contributed by atoms with Crippen molar-refractivity contribution in [2.24, 2.45) is 0 Å². The summed E-state index contributed by atoms with van der Waals surface area (Å²) in [6.07, 6.45) is 4.68. The number of sulfone groups is 2. The summed E-state index contributed by atoms with van der Waals surface area (Å²) in [6, 6.07) is 9.08. The molecule has 0 unspecified atom stereocenters. The van der Waals surface area contributed by atoms with Gasteiger partial charge in [0.1, 0.15) is 11.1 Å². The molecule has 20 heteroatoms. The van der Waals surface area contributed by atoms with Gasteiger partial charge in [0.05, 0.1) is 61.8 Å². The summed E-state index contributed by atoms with van der Waals surface area (Å²) >= 11 is 0. The Bertz CT molecular complexity index is 2630. The van der Waals surface area contributed by atoms with Gasteiger partial charge in [-0.2, -0.15) is 0 Å². The number of pyridine rings is 2. The molecule has 6 heterocycles. The standard InChI is InChI=1S/2C22H25NO8S/c2*1-29-5-3-6-31-21-8-13-14(9-20(21)30-2)18-10-19(24)15(22(25)26)11-23(18)17-4-7-32(27,28)12-16(13)17/h2*8-11,16-17H,3-7,12H2,1-2H3,(H,25,26)/t2*16-,17+/m10/s1. The molecule has 4 aliphatic rings. The molecule has 2 fully saturated rings. The maximum Gasteiger partial charge on any atom is 0.341 e. The molecule has 0 radical (unpaired) electrons. The van der Waals surface area contributed by atoms with Gasteiger partial charge in [-0.15, -0.1) is 0 Å². The van der Waals surface area contributed by atoms with E-state index in [0.29, 0.717) is 97.6 Å². The Hall–Kier alpha value is -5.70. The van der Waals surface area contributed by atoms with Crippen molar-refractivity contribution < 1.29 is 65.1 Å². The highest BCUT2D eigenvalue weighted by Crippen LogP contribution is 2.51. The van der Waals surface area contributed by atoms with Crippen LogP contribution in [-0.2, 0) is 29.1 Å². The van der Waals surface area contributed by atoms with Crippen molar-refractivity contribution in [2.75, 3.05) is 77.9 Å². The van der Waals surface area contributed by atoms with Crippen LogP contribution in [0.2, 0.25) is 0 Å². The molecule has 0 bridgehead atoms. The summed E-state index contributed by atoms with van der Waals surface area (Å²) in [5.41, 5.74) is 1.98. The number of carboxylic acid groups (broad SMARTS) is 2. The second-order valence-corrected chi connectivity index (χ2v) is 20.5. The maximum atomic E-state index is 12.5. The monoisotopic (exact) mass is 926 g/mol. The number of methoxy groups -OCH3 is 4. The Morgan fingerprint density at radius 1 is 0.594 bits per heavy atom. The summed E-state index contributed by atoms with van der Waals surface area (Å²) in [7, 11) is -0.311. The number of nitrogens with zero attached hydrogens (tertiary/aromatic N) is 2. The molecule has 0 amide bonds. The topological polar surface area (TPSA) is 242 Å². The van der Waals surface area contributed by atoms with E-state index in [1.165, 1.54) is 38.7 Å². The normalized spacial score (nSPS) is 20.6. The molecule has 2 saturated heterocycles. The summed E-state index contributed by atoms with van der Waals surface area (Å²) in [5.74, 6) is -1.66. The van der Waals surface area contributed by atoms with E-state index in [-0.39, 0.29) is 46.2 Å². The van der Waals surface area contributed by atoms with Crippen LogP contribution in [0.4, 0.5) is 0 Å². The fourth-order valence-corrected chi connectivity index (χ4v) is 12.6. The first-order valence-electron chi connectivity index (χ1n) is 20.6. The Labute approximate surface area is 369 Å². The van der Waals surface area contributed by atoms with Crippen LogP contribution in [0.15, 0.2) is 58.4 Å². The van der Waals surface area contributed by atoms with Crippen molar-refractivity contribution in [3.8, 4) is 45.5 Å². The van der Waals surface area contributed by atoms with Crippen LogP contribution >= 0.6 is 0 Å². The van der Waals surface area contributed by atoms with Gasteiger partial charge in [-0.05, 0) is 48.2 Å². The fraction of sp³-hybridized carbons (Fsp3) is 0.455. The number of hydrogen-bond donors (Lipinski definition) is 2. The highest BCUT2D eigenvalue weighted by molar-refractivity contribution is 7.91. The average Bonchev–Trinajstić information content (AvgIpc) is 3.25. The number of carbonyl (C=O) groups is 2. The van der Waals surface area contributed by atoms with E-state index in [1.54, 1.807) is 47.6 Å². The van der Waals surface area contributed by atoms with E-state index in [0.717, 1.165) is 11.1 Å². The minimum absolute atomic E-state index is 0.00794. The summed E-state index contributed by atoms with van der Waals surface area (Å²) in [4.78, 5) is 48.1. The smallest absolute Gasteiger partial charge is 0.341 e. The van der Waals surface area contributed by atoms with Crippen molar-refractivity contribution in [1.29, 1.82) is 0 Å². The second kappa shape index (κ2) is 18.8. The first kappa shape index (κ1) is 46.3. The first-order valence-corrected chi connectivity index (χ1v) is 24.2. The van der Waals surface area contributed by atoms with E-state index >= 15 is 0 Å². The number of hydrogen-bond acceptors (Lipinski definition) is 14. The van der Waals surface area contributed by atoms with Crippen LogP contribution in [-0.4, -0.2) is 126 Å². The van der Waals surface area contributed by atoms with Gasteiger partial charge in [-0.25, -0.2) is 26.4 Å². The van der Waals surface area contributed by atoms with Gasteiger partial charge in [0.15, 0.2) is 53.5 Å². The Morgan fingerprint density at radius 3 is 1.33 bits per heavy atom. The molecule has 0 aliphatic carbocycles. The lowest BCUT2D eigenvalue weighted by Gasteiger charge is -2.40. The van der Waals surface area contributed by atoms with Crippen LogP contribution in [0, 0.1) is 0 Å². The van der Waals surface area contributed by atoms with Crippen molar-refractivity contribution in [3.05, 3.63) is 91.5 Å². The number of benzene rings is 2. The lowest BCUT2D eigenvalue weighted by Crippen LogP contribution is -2.37. The van der Waals surface area contributed by atoms with Gasteiger partial charge in [-0.1, -0.05) is 0 Å². The molecule has 4 atom stereocenters. The molecule has 18 nitrogen and oxygen atoms in total. The molecule has 64 heavy (non-hydrogen) atoms. The number of aromatic carboxylic acids is 2. The van der Waals surface area contributed by atoms with Crippen molar-refractivity contribution in [1.82, 2.24) is 9.13 Å². The minimum Gasteiger partial charge on any atom is -0.493 e. The number of fused-ring (bicyclic) bond motifs is 12. The second-order valence-electron chi connectivity index (χ2n) is 16.0. The Kier molecular flexibility index (Phi) is 13.6. The highest BCUT2D eigenvalue weighted by atomic mass is 32.2. The minimum atomic E-state index is -3.27. The third-order valence-electron chi connectivity index (χ3n) is 12.1. The molecular formula is C44H50N2O16S2. The summed E-state index contributed by atoms with van der Waals surface area (Å²) < 4.78 is 86.3. The fourth-order valence-electron chi connectivity index (χ4n) is 9.12. The van der Waals surface area contributed by atoms with E-state index < -0.39 is 54.3 Å². The Balaban J connectivity index is 0.000000191. The number of ether oxygens (including phenoxy) is 6. The largest absolute Gasteiger partial charge is 0.493 e. The number of carboxylic acids is 2. The van der Waals surface area contributed by atoms with Gasteiger partial charge < -0.3 is 47.8 Å². The zero-order chi connectivity index (χ0) is 46.1. The molecular weight excluding hydrogens is 877 g/mol. The lowest BCUT2D eigenvalue weighted by molar-refractivity contribution is 0.0683. The molecule has 2 aromatic carbocycles. The van der Waals surface area contributed by atoms with Crippen LogP contribution in [0.5, 0.6) is 23.0 Å². The number of rotatable bonds is 14. The molecule has 2 aromatic heterocycles.